The largest absolute Gasteiger partial charge is 0.468 e. The molecular formula is C13H17N3O4. The van der Waals surface area contributed by atoms with Crippen molar-refractivity contribution in [2.45, 2.75) is 26.4 Å². The molecule has 0 saturated carbocycles. The molecule has 0 saturated heterocycles. The maximum Gasteiger partial charge on any atom is 0.319 e. The fourth-order valence-corrected chi connectivity index (χ4v) is 1.65. The Hall–Kier alpha value is -2.15. The van der Waals surface area contributed by atoms with E-state index in [1.165, 1.54) is 7.11 Å². The van der Waals surface area contributed by atoms with Crippen molar-refractivity contribution in [3.63, 3.8) is 0 Å². The molecular weight excluding hydrogens is 262 g/mol. The number of furan rings is 1. The van der Waals surface area contributed by atoms with Crippen LogP contribution in [0.25, 0.3) is 11.6 Å². The Morgan fingerprint density at radius 1 is 1.50 bits per heavy atom. The molecule has 0 N–H and O–H groups in total. The van der Waals surface area contributed by atoms with E-state index < -0.39 is 0 Å². The minimum Gasteiger partial charge on any atom is -0.468 e. The maximum absolute atomic E-state index is 11.4. The highest BCUT2D eigenvalue weighted by molar-refractivity contribution is 5.71. The van der Waals surface area contributed by atoms with Crippen LogP contribution in [0, 0.1) is 0 Å². The second-order valence-corrected chi connectivity index (χ2v) is 4.56. The molecule has 2 aromatic rings. The van der Waals surface area contributed by atoms with Crippen LogP contribution in [0.15, 0.2) is 27.3 Å². The smallest absolute Gasteiger partial charge is 0.319 e. The molecule has 0 aliphatic heterocycles. The van der Waals surface area contributed by atoms with Crippen molar-refractivity contribution in [3.05, 3.63) is 24.3 Å². The van der Waals surface area contributed by atoms with E-state index in [0.29, 0.717) is 24.0 Å². The monoisotopic (exact) mass is 279 g/mol. The molecule has 2 heterocycles. The van der Waals surface area contributed by atoms with Crippen molar-refractivity contribution < 1.29 is 18.5 Å². The van der Waals surface area contributed by atoms with Gasteiger partial charge in [0.25, 0.3) is 0 Å². The zero-order valence-corrected chi connectivity index (χ0v) is 11.7. The summed E-state index contributed by atoms with van der Waals surface area (Å²) < 4.78 is 15.0. The number of hydrogen-bond acceptors (Lipinski definition) is 7. The number of methoxy groups -OCH3 is 1. The number of hydrogen-bond donors (Lipinski definition) is 0. The Labute approximate surface area is 116 Å². The molecule has 108 valence electrons. The highest BCUT2D eigenvalue weighted by atomic mass is 16.5. The molecule has 0 aliphatic rings. The van der Waals surface area contributed by atoms with E-state index in [1.54, 1.807) is 18.4 Å². The molecule has 0 aliphatic carbocycles. The van der Waals surface area contributed by atoms with Gasteiger partial charge in [-0.25, -0.2) is 0 Å². The fraction of sp³-hybridized carbons (Fsp3) is 0.462. The summed E-state index contributed by atoms with van der Waals surface area (Å²) in [4.78, 5) is 17.5. The van der Waals surface area contributed by atoms with Gasteiger partial charge in [-0.15, -0.1) is 0 Å². The van der Waals surface area contributed by atoms with Crippen LogP contribution in [0.1, 0.15) is 19.7 Å². The lowest BCUT2D eigenvalue weighted by Gasteiger charge is -2.22. The van der Waals surface area contributed by atoms with Gasteiger partial charge in [0.15, 0.2) is 5.76 Å². The third-order valence-corrected chi connectivity index (χ3v) is 2.84. The van der Waals surface area contributed by atoms with E-state index in [9.17, 15) is 4.79 Å². The molecule has 0 amide bonds. The number of rotatable bonds is 6. The molecule has 7 nitrogen and oxygen atoms in total. The van der Waals surface area contributed by atoms with Crippen LogP contribution in [-0.2, 0) is 16.1 Å². The molecule has 0 unspecified atom stereocenters. The number of carbonyl (C=O) groups excluding carboxylic acids is 1. The average molecular weight is 279 g/mol. The van der Waals surface area contributed by atoms with Crippen LogP contribution in [0.2, 0.25) is 0 Å². The molecule has 0 radical (unpaired) electrons. The Morgan fingerprint density at radius 3 is 2.90 bits per heavy atom. The molecule has 0 fully saturated rings. The van der Waals surface area contributed by atoms with Gasteiger partial charge < -0.3 is 13.7 Å². The zero-order chi connectivity index (χ0) is 14.5. The van der Waals surface area contributed by atoms with Crippen molar-refractivity contribution in [1.82, 2.24) is 15.0 Å². The second-order valence-electron chi connectivity index (χ2n) is 4.56. The topological polar surface area (TPSA) is 81.6 Å². The van der Waals surface area contributed by atoms with E-state index in [-0.39, 0.29) is 18.6 Å². The quantitative estimate of drug-likeness (QED) is 0.744. The minimum absolute atomic E-state index is 0.146. The summed E-state index contributed by atoms with van der Waals surface area (Å²) in [5.74, 6) is 1.06. The third kappa shape index (κ3) is 3.45. The standard InChI is InChI=1S/C13H17N3O4/c1-9(2)16(8-12(17)18-3)7-11-14-13(15-20-11)10-5-4-6-19-10/h4-6,9H,7-8H2,1-3H3. The first-order chi connectivity index (χ1) is 9.60. The fourth-order valence-electron chi connectivity index (χ4n) is 1.65. The molecule has 2 rings (SSSR count). The normalized spacial score (nSPS) is 11.2. The first-order valence-electron chi connectivity index (χ1n) is 6.27. The van der Waals surface area contributed by atoms with Crippen molar-refractivity contribution >= 4 is 5.97 Å². The van der Waals surface area contributed by atoms with Crippen molar-refractivity contribution in [3.8, 4) is 11.6 Å². The van der Waals surface area contributed by atoms with E-state index in [4.69, 9.17) is 8.94 Å². The van der Waals surface area contributed by atoms with Gasteiger partial charge >= 0.3 is 5.97 Å². The van der Waals surface area contributed by atoms with Gasteiger partial charge in [-0.2, -0.15) is 4.98 Å². The molecule has 20 heavy (non-hydrogen) atoms. The predicted molar refractivity (Wildman–Crippen MR) is 69.6 cm³/mol. The number of ether oxygens (including phenoxy) is 1. The first kappa shape index (κ1) is 14.3. The van der Waals surface area contributed by atoms with Gasteiger partial charge in [-0.1, -0.05) is 5.16 Å². The lowest BCUT2D eigenvalue weighted by atomic mass is 10.3. The van der Waals surface area contributed by atoms with Crippen LogP contribution >= 0.6 is 0 Å². The molecule has 0 spiro atoms. The van der Waals surface area contributed by atoms with Crippen LogP contribution in [-0.4, -0.2) is 40.7 Å². The van der Waals surface area contributed by atoms with Gasteiger partial charge in [-0.05, 0) is 26.0 Å². The molecule has 0 atom stereocenters. The Kier molecular flexibility index (Phi) is 4.52. The van der Waals surface area contributed by atoms with Crippen LogP contribution in [0.5, 0.6) is 0 Å². The van der Waals surface area contributed by atoms with E-state index in [0.717, 1.165) is 0 Å². The van der Waals surface area contributed by atoms with Crippen LogP contribution in [0.3, 0.4) is 0 Å². The Balaban J connectivity index is 2.05. The zero-order valence-electron chi connectivity index (χ0n) is 11.7. The predicted octanol–water partition coefficient (Wildman–Crippen LogP) is 1.71. The average Bonchev–Trinajstić information content (AvgIpc) is 3.08. The Morgan fingerprint density at radius 2 is 2.30 bits per heavy atom. The molecule has 0 bridgehead atoms. The van der Waals surface area contributed by atoms with Crippen molar-refractivity contribution in [1.29, 1.82) is 0 Å². The molecule has 2 aromatic heterocycles. The van der Waals surface area contributed by atoms with Crippen LogP contribution in [0.4, 0.5) is 0 Å². The third-order valence-electron chi connectivity index (χ3n) is 2.84. The van der Waals surface area contributed by atoms with Gasteiger partial charge in [0.2, 0.25) is 11.7 Å². The number of aromatic nitrogens is 2. The number of esters is 1. The van der Waals surface area contributed by atoms with E-state index in [2.05, 4.69) is 14.9 Å². The number of carbonyl (C=O) groups is 1. The molecule has 0 aromatic carbocycles. The summed E-state index contributed by atoms with van der Waals surface area (Å²) in [7, 11) is 1.36. The van der Waals surface area contributed by atoms with Gasteiger partial charge in [-0.3, -0.25) is 9.69 Å². The highest BCUT2D eigenvalue weighted by Crippen LogP contribution is 2.16. The summed E-state index contributed by atoms with van der Waals surface area (Å²) in [6.07, 6.45) is 1.54. The Bertz CT molecular complexity index is 548. The van der Waals surface area contributed by atoms with Gasteiger partial charge in [0, 0.05) is 6.04 Å². The minimum atomic E-state index is -0.301. The maximum atomic E-state index is 11.4. The highest BCUT2D eigenvalue weighted by Gasteiger charge is 2.19. The first-order valence-corrected chi connectivity index (χ1v) is 6.27. The van der Waals surface area contributed by atoms with Gasteiger partial charge in [0.05, 0.1) is 26.5 Å². The summed E-state index contributed by atoms with van der Waals surface area (Å²) in [5, 5.41) is 3.85. The second kappa shape index (κ2) is 6.33. The SMILES string of the molecule is COC(=O)CN(Cc1nc(-c2ccco2)no1)C(C)C. The number of nitrogens with zero attached hydrogens (tertiary/aromatic N) is 3. The summed E-state index contributed by atoms with van der Waals surface area (Å²) in [5.41, 5.74) is 0. The van der Waals surface area contributed by atoms with E-state index >= 15 is 0 Å². The lowest BCUT2D eigenvalue weighted by Crippen LogP contribution is -2.35. The summed E-state index contributed by atoms with van der Waals surface area (Å²) in [6.45, 7) is 4.51. The lowest BCUT2D eigenvalue weighted by molar-refractivity contribution is -0.142. The molecule has 7 heteroatoms. The summed E-state index contributed by atoms with van der Waals surface area (Å²) >= 11 is 0. The van der Waals surface area contributed by atoms with Gasteiger partial charge in [0.1, 0.15) is 0 Å². The van der Waals surface area contributed by atoms with Crippen molar-refractivity contribution in [2.24, 2.45) is 0 Å². The van der Waals surface area contributed by atoms with Crippen LogP contribution < -0.4 is 0 Å². The van der Waals surface area contributed by atoms with E-state index in [1.807, 2.05) is 18.7 Å². The van der Waals surface area contributed by atoms with Crippen molar-refractivity contribution in [2.75, 3.05) is 13.7 Å². The summed E-state index contributed by atoms with van der Waals surface area (Å²) in [6, 6.07) is 3.65.